The van der Waals surface area contributed by atoms with E-state index in [1.165, 1.54) is 0 Å². The number of nitrogens with zero attached hydrogens (tertiary/aromatic N) is 2. The van der Waals surface area contributed by atoms with E-state index in [4.69, 9.17) is 0 Å². The number of halogens is 1. The molecule has 2 amide bonds. The van der Waals surface area contributed by atoms with Crippen molar-refractivity contribution in [2.24, 2.45) is 4.99 Å². The molecule has 1 aromatic carbocycles. The molecule has 0 atom stereocenters. The fourth-order valence-corrected chi connectivity index (χ4v) is 2.47. The molecule has 0 aliphatic rings. The summed E-state index contributed by atoms with van der Waals surface area (Å²) in [7, 11) is 1.61. The van der Waals surface area contributed by atoms with Crippen molar-refractivity contribution in [3.63, 3.8) is 0 Å². The van der Waals surface area contributed by atoms with Crippen LogP contribution in [0.15, 0.2) is 53.8 Å². The van der Waals surface area contributed by atoms with Crippen LogP contribution in [0.3, 0.4) is 0 Å². The van der Waals surface area contributed by atoms with E-state index in [1.54, 1.807) is 37.6 Å². The number of rotatable bonds is 8. The van der Waals surface area contributed by atoms with Crippen LogP contribution in [0.1, 0.15) is 22.8 Å². The fourth-order valence-electron chi connectivity index (χ4n) is 2.47. The molecule has 8 nitrogen and oxygen atoms in total. The average molecular weight is 510 g/mol. The maximum atomic E-state index is 12.0. The lowest BCUT2D eigenvalue weighted by atomic mass is 10.1. The largest absolute Gasteiger partial charge is 0.357 e. The molecule has 0 saturated heterocycles. The summed E-state index contributed by atoms with van der Waals surface area (Å²) in [6.07, 6.45) is 3.94. The van der Waals surface area contributed by atoms with Crippen molar-refractivity contribution in [1.29, 1.82) is 0 Å². The molecule has 0 bridgehead atoms. The molecule has 2 aromatic rings. The molecule has 0 aliphatic carbocycles. The highest BCUT2D eigenvalue weighted by molar-refractivity contribution is 14.0. The second-order valence-electron chi connectivity index (χ2n) is 5.94. The zero-order chi connectivity index (χ0) is 20.2. The molecule has 0 saturated carbocycles. The molecule has 156 valence electrons. The Kier molecular flexibility index (Phi) is 11.3. The lowest BCUT2D eigenvalue weighted by Crippen LogP contribution is -2.39. The molecule has 4 N–H and O–H groups in total. The summed E-state index contributed by atoms with van der Waals surface area (Å²) in [6, 6.07) is 11.0. The first-order chi connectivity index (χ1) is 13.6. The quantitative estimate of drug-likeness (QED) is 0.246. The van der Waals surface area contributed by atoms with E-state index in [9.17, 15) is 9.59 Å². The Morgan fingerprint density at radius 2 is 1.97 bits per heavy atom. The summed E-state index contributed by atoms with van der Waals surface area (Å²) >= 11 is 0. The lowest BCUT2D eigenvalue weighted by molar-refractivity contribution is -0.114. The number of aliphatic imine (C=N–C) groups is 1. The number of hydrogen-bond acceptors (Lipinski definition) is 4. The standard InChI is InChI=1S/C20H26N6O2.HI/c1-3-23-20(25-14-18(27)26-17-8-5-10-22-13-17)24-11-9-15-6-4-7-16(12-15)19(28)21-2;/h4-8,10,12-13H,3,9,11,14H2,1-2H3,(H,21,28)(H,26,27)(H2,23,24,25);1H. The molecular weight excluding hydrogens is 483 g/mol. The smallest absolute Gasteiger partial charge is 0.251 e. The zero-order valence-electron chi connectivity index (χ0n) is 16.6. The van der Waals surface area contributed by atoms with Crippen LogP contribution in [0.2, 0.25) is 0 Å². The van der Waals surface area contributed by atoms with Crippen molar-refractivity contribution < 1.29 is 9.59 Å². The third-order valence-electron chi connectivity index (χ3n) is 3.79. The summed E-state index contributed by atoms with van der Waals surface area (Å²) in [4.78, 5) is 32.0. The summed E-state index contributed by atoms with van der Waals surface area (Å²) in [5.41, 5.74) is 2.31. The van der Waals surface area contributed by atoms with E-state index in [2.05, 4.69) is 31.2 Å². The normalized spacial score (nSPS) is 10.5. The minimum absolute atomic E-state index is 0. The number of amides is 2. The van der Waals surface area contributed by atoms with Gasteiger partial charge in [0.05, 0.1) is 11.9 Å². The number of benzene rings is 1. The number of carbonyl (C=O) groups excluding carboxylic acids is 2. The van der Waals surface area contributed by atoms with E-state index in [1.807, 2.05) is 25.1 Å². The highest BCUT2D eigenvalue weighted by atomic mass is 127. The SMILES string of the molecule is CCNC(=NCC(=O)Nc1cccnc1)NCCc1cccc(C(=O)NC)c1.I. The van der Waals surface area contributed by atoms with Crippen LogP contribution < -0.4 is 21.3 Å². The average Bonchev–Trinajstić information content (AvgIpc) is 2.72. The van der Waals surface area contributed by atoms with Crippen molar-refractivity contribution in [2.45, 2.75) is 13.3 Å². The van der Waals surface area contributed by atoms with E-state index in [0.29, 0.717) is 30.3 Å². The number of carbonyl (C=O) groups is 2. The van der Waals surface area contributed by atoms with Crippen LogP contribution in [0, 0.1) is 0 Å². The Bertz CT molecular complexity index is 814. The van der Waals surface area contributed by atoms with E-state index < -0.39 is 0 Å². The number of anilines is 1. The second kappa shape index (κ2) is 13.5. The summed E-state index contributed by atoms with van der Waals surface area (Å²) in [5.74, 6) is 0.235. The van der Waals surface area contributed by atoms with Crippen molar-refractivity contribution >= 4 is 47.4 Å². The van der Waals surface area contributed by atoms with Gasteiger partial charge in [-0.2, -0.15) is 0 Å². The predicted octanol–water partition coefficient (Wildman–Crippen LogP) is 1.80. The van der Waals surface area contributed by atoms with Gasteiger partial charge in [0, 0.05) is 31.9 Å². The van der Waals surface area contributed by atoms with E-state index in [0.717, 1.165) is 12.0 Å². The fraction of sp³-hybridized carbons (Fsp3) is 0.300. The Morgan fingerprint density at radius 1 is 1.14 bits per heavy atom. The summed E-state index contributed by atoms with van der Waals surface area (Å²) in [6.45, 7) is 3.26. The number of aromatic nitrogens is 1. The summed E-state index contributed by atoms with van der Waals surface area (Å²) in [5, 5.41) is 11.7. The van der Waals surface area contributed by atoms with Gasteiger partial charge in [-0.25, -0.2) is 4.99 Å². The monoisotopic (exact) mass is 510 g/mol. The first kappa shape index (κ1) is 24.3. The third kappa shape index (κ3) is 8.90. The van der Waals surface area contributed by atoms with Gasteiger partial charge in [0.1, 0.15) is 6.54 Å². The van der Waals surface area contributed by atoms with Gasteiger partial charge in [0.15, 0.2) is 5.96 Å². The van der Waals surface area contributed by atoms with E-state index >= 15 is 0 Å². The first-order valence-electron chi connectivity index (χ1n) is 9.15. The van der Waals surface area contributed by atoms with Crippen molar-refractivity contribution in [1.82, 2.24) is 20.9 Å². The molecule has 29 heavy (non-hydrogen) atoms. The highest BCUT2D eigenvalue weighted by Crippen LogP contribution is 2.06. The van der Waals surface area contributed by atoms with Gasteiger partial charge in [-0.1, -0.05) is 12.1 Å². The molecular formula is C20H27IN6O2. The molecule has 0 unspecified atom stereocenters. The van der Waals surface area contributed by atoms with Crippen LogP contribution in [-0.4, -0.2) is 49.4 Å². The Balaban J connectivity index is 0.00000420. The highest BCUT2D eigenvalue weighted by Gasteiger charge is 2.05. The Morgan fingerprint density at radius 3 is 2.66 bits per heavy atom. The number of nitrogens with one attached hydrogen (secondary N) is 4. The first-order valence-corrected chi connectivity index (χ1v) is 9.15. The molecule has 0 aliphatic heterocycles. The molecule has 1 aromatic heterocycles. The minimum atomic E-state index is -0.219. The third-order valence-corrected chi connectivity index (χ3v) is 3.79. The van der Waals surface area contributed by atoms with Gasteiger partial charge in [-0.15, -0.1) is 24.0 Å². The maximum absolute atomic E-state index is 12.0. The van der Waals surface area contributed by atoms with Crippen LogP contribution in [0.4, 0.5) is 5.69 Å². The number of guanidine groups is 1. The predicted molar refractivity (Wildman–Crippen MR) is 126 cm³/mol. The molecule has 0 radical (unpaired) electrons. The maximum Gasteiger partial charge on any atom is 0.251 e. The van der Waals surface area contributed by atoms with Crippen LogP contribution in [0.25, 0.3) is 0 Å². The Labute approximate surface area is 188 Å². The van der Waals surface area contributed by atoms with Gasteiger partial charge in [-0.3, -0.25) is 14.6 Å². The van der Waals surface area contributed by atoms with Crippen LogP contribution in [-0.2, 0) is 11.2 Å². The van der Waals surface area contributed by atoms with Crippen molar-refractivity contribution in [3.8, 4) is 0 Å². The van der Waals surface area contributed by atoms with Gasteiger partial charge >= 0.3 is 0 Å². The minimum Gasteiger partial charge on any atom is -0.357 e. The molecule has 0 fully saturated rings. The topological polar surface area (TPSA) is 108 Å². The molecule has 1 heterocycles. The van der Waals surface area contributed by atoms with Gasteiger partial charge in [0.25, 0.3) is 5.91 Å². The van der Waals surface area contributed by atoms with Gasteiger partial charge < -0.3 is 21.3 Å². The van der Waals surface area contributed by atoms with Crippen molar-refractivity contribution in [2.75, 3.05) is 32.0 Å². The number of hydrogen-bond donors (Lipinski definition) is 4. The Hall–Kier alpha value is -2.69. The molecule has 0 spiro atoms. The van der Waals surface area contributed by atoms with Crippen LogP contribution in [0.5, 0.6) is 0 Å². The lowest BCUT2D eigenvalue weighted by Gasteiger charge is -2.12. The number of pyridine rings is 1. The molecule has 9 heteroatoms. The molecule has 2 rings (SSSR count). The summed E-state index contributed by atoms with van der Waals surface area (Å²) < 4.78 is 0. The van der Waals surface area contributed by atoms with Crippen molar-refractivity contribution in [3.05, 3.63) is 59.9 Å². The van der Waals surface area contributed by atoms with Gasteiger partial charge in [0.2, 0.25) is 5.91 Å². The van der Waals surface area contributed by atoms with Crippen LogP contribution >= 0.6 is 24.0 Å². The van der Waals surface area contributed by atoms with Gasteiger partial charge in [-0.05, 0) is 43.2 Å². The van der Waals surface area contributed by atoms with E-state index in [-0.39, 0.29) is 42.3 Å². The zero-order valence-corrected chi connectivity index (χ0v) is 18.9. The second-order valence-corrected chi connectivity index (χ2v) is 5.94.